The number of hydrogen-bond acceptors (Lipinski definition) is 4. The van der Waals surface area contributed by atoms with Crippen LogP contribution in [0.4, 0.5) is 56.9 Å². The van der Waals surface area contributed by atoms with E-state index in [1.165, 1.54) is 16.7 Å². The maximum Gasteiger partial charge on any atom is 0.0464 e. The van der Waals surface area contributed by atoms with Gasteiger partial charge in [-0.25, -0.2) is 0 Å². The Balaban J connectivity index is 1.21. The second kappa shape index (κ2) is 19.1. The van der Waals surface area contributed by atoms with Crippen LogP contribution in [0.2, 0.25) is 0 Å². The van der Waals surface area contributed by atoms with Gasteiger partial charge < -0.3 is 19.6 Å². The van der Waals surface area contributed by atoms with Crippen LogP contribution in [0.5, 0.6) is 0 Å². The summed E-state index contributed by atoms with van der Waals surface area (Å²) in [7, 11) is 0. The van der Waals surface area contributed by atoms with Crippen LogP contribution >= 0.6 is 0 Å². The number of benzene rings is 8. The Morgan fingerprint density at radius 3 is 1.06 bits per heavy atom. The van der Waals surface area contributed by atoms with Crippen molar-refractivity contribution in [3.05, 3.63) is 265 Å². The first-order valence-electron chi connectivity index (χ1n) is 21.2. The second-order valence-electron chi connectivity index (χ2n) is 15.4. The highest BCUT2D eigenvalue weighted by Gasteiger charge is 2.19. The van der Waals surface area contributed by atoms with Crippen molar-refractivity contribution in [3.8, 4) is 0 Å². The molecular weight excluding hydrogens is 753 g/mol. The fraction of sp³-hybridized carbons (Fsp3) is 0.0690. The lowest BCUT2D eigenvalue weighted by atomic mass is 10.1. The molecular formula is C58H52N4. The van der Waals surface area contributed by atoms with Gasteiger partial charge in [-0.05, 0) is 178 Å². The van der Waals surface area contributed by atoms with Gasteiger partial charge in [-0.3, -0.25) is 0 Å². The minimum atomic E-state index is 0.847. The quantitative estimate of drug-likeness (QED) is 0.102. The molecule has 0 aliphatic carbocycles. The lowest BCUT2D eigenvalue weighted by Crippen LogP contribution is -2.17. The minimum absolute atomic E-state index is 0.847. The standard InChI is InChI=1S/C58H52N4/c1-6-48(32-31-47(5)59(49-22-10-7-11-23-49)56-28-16-19-44(2)41-56)60(52-33-37-54(38-34-52)61(50-24-12-8-13-25-50)57-29-17-20-45(3)42-57)53-35-39-55(40-36-53)62(51-26-14-9-15-27-51)58-30-18-21-46(4)43-58/h6-43H,5H2,1-4H3/b32-31-,48-6+. The lowest BCUT2D eigenvalue weighted by molar-refractivity contribution is 1.17. The number of anilines is 10. The van der Waals surface area contributed by atoms with Crippen molar-refractivity contribution >= 4 is 56.9 Å². The van der Waals surface area contributed by atoms with Crippen molar-refractivity contribution in [3.63, 3.8) is 0 Å². The molecule has 304 valence electrons. The topological polar surface area (TPSA) is 13.0 Å². The molecule has 0 radical (unpaired) electrons. The third kappa shape index (κ3) is 9.31. The number of hydrogen-bond donors (Lipinski definition) is 0. The van der Waals surface area contributed by atoms with Crippen LogP contribution in [-0.4, -0.2) is 0 Å². The Hall–Kier alpha value is -7.82. The predicted molar refractivity (Wildman–Crippen MR) is 266 cm³/mol. The number of allylic oxidation sites excluding steroid dienone is 3. The molecule has 0 saturated heterocycles. The number of rotatable bonds is 14. The van der Waals surface area contributed by atoms with Crippen LogP contribution in [-0.2, 0) is 0 Å². The molecule has 0 unspecified atom stereocenters. The normalized spacial score (nSPS) is 11.3. The SMILES string of the molecule is C=C(/C=C\C(=C/C)N(c1ccc(N(c2ccccc2)c2cccc(C)c2)cc1)c1ccc(N(c2ccccc2)c2cccc(C)c2)cc1)N(c1ccccc1)c1cccc(C)c1. The molecule has 0 aliphatic rings. The zero-order chi connectivity index (χ0) is 42.8. The van der Waals surface area contributed by atoms with E-state index in [-0.39, 0.29) is 0 Å². The fourth-order valence-electron chi connectivity index (χ4n) is 7.91. The van der Waals surface area contributed by atoms with Crippen LogP contribution in [0.25, 0.3) is 0 Å². The van der Waals surface area contributed by atoms with E-state index in [4.69, 9.17) is 0 Å². The summed E-state index contributed by atoms with van der Waals surface area (Å²) in [6.45, 7) is 13.1. The van der Waals surface area contributed by atoms with E-state index in [1.54, 1.807) is 0 Å². The van der Waals surface area contributed by atoms with Gasteiger partial charge in [0.25, 0.3) is 0 Å². The number of nitrogens with zero attached hydrogens (tertiary/aromatic N) is 4. The van der Waals surface area contributed by atoms with Gasteiger partial charge in [0, 0.05) is 68.3 Å². The first kappa shape index (κ1) is 40.9. The van der Waals surface area contributed by atoms with Gasteiger partial charge in [0.1, 0.15) is 0 Å². The van der Waals surface area contributed by atoms with Crippen molar-refractivity contribution in [2.24, 2.45) is 0 Å². The minimum Gasteiger partial charge on any atom is -0.311 e. The van der Waals surface area contributed by atoms with Crippen molar-refractivity contribution in [2.45, 2.75) is 27.7 Å². The molecule has 8 aromatic rings. The molecule has 0 saturated carbocycles. The molecule has 0 N–H and O–H groups in total. The largest absolute Gasteiger partial charge is 0.311 e. The number of aryl methyl sites for hydroxylation is 3. The van der Waals surface area contributed by atoms with Gasteiger partial charge in [0.05, 0.1) is 0 Å². The van der Waals surface area contributed by atoms with Crippen molar-refractivity contribution < 1.29 is 0 Å². The summed E-state index contributed by atoms with van der Waals surface area (Å²) in [5.41, 5.74) is 16.2. The van der Waals surface area contributed by atoms with Crippen LogP contribution in [0.3, 0.4) is 0 Å². The Kier molecular flexibility index (Phi) is 12.6. The molecule has 0 aromatic heterocycles. The van der Waals surface area contributed by atoms with E-state index in [2.05, 4.69) is 278 Å². The summed E-state index contributed by atoms with van der Waals surface area (Å²) in [4.78, 5) is 9.14. The predicted octanol–water partition coefficient (Wildman–Crippen LogP) is 16.5. The van der Waals surface area contributed by atoms with Gasteiger partial charge in [0.2, 0.25) is 0 Å². The zero-order valence-corrected chi connectivity index (χ0v) is 35.9. The highest BCUT2D eigenvalue weighted by atomic mass is 15.2. The van der Waals surface area contributed by atoms with Crippen molar-refractivity contribution in [2.75, 3.05) is 19.6 Å². The van der Waals surface area contributed by atoms with Crippen LogP contribution in [0.15, 0.2) is 249 Å². The van der Waals surface area contributed by atoms with Gasteiger partial charge in [-0.1, -0.05) is 104 Å². The van der Waals surface area contributed by atoms with Crippen LogP contribution < -0.4 is 19.6 Å². The average Bonchev–Trinajstić information content (AvgIpc) is 3.30. The first-order chi connectivity index (χ1) is 30.4. The van der Waals surface area contributed by atoms with Crippen LogP contribution in [0.1, 0.15) is 23.6 Å². The summed E-state index contributed by atoms with van der Waals surface area (Å²) >= 11 is 0. The summed E-state index contributed by atoms with van der Waals surface area (Å²) < 4.78 is 0. The Morgan fingerprint density at radius 1 is 0.339 bits per heavy atom. The zero-order valence-electron chi connectivity index (χ0n) is 35.9. The van der Waals surface area contributed by atoms with Gasteiger partial charge >= 0.3 is 0 Å². The van der Waals surface area contributed by atoms with E-state index >= 15 is 0 Å². The molecule has 8 rings (SSSR count). The molecule has 0 fully saturated rings. The average molecular weight is 805 g/mol. The van der Waals surface area contributed by atoms with Crippen molar-refractivity contribution in [1.29, 1.82) is 0 Å². The molecule has 0 aliphatic heterocycles. The van der Waals surface area contributed by atoms with Crippen molar-refractivity contribution in [1.82, 2.24) is 0 Å². The maximum absolute atomic E-state index is 4.62. The molecule has 0 heterocycles. The van der Waals surface area contributed by atoms with E-state index in [0.717, 1.165) is 68.3 Å². The molecule has 4 nitrogen and oxygen atoms in total. The summed E-state index contributed by atoms with van der Waals surface area (Å²) in [5.74, 6) is 0. The van der Waals surface area contributed by atoms with Crippen LogP contribution in [0, 0.1) is 20.8 Å². The molecule has 62 heavy (non-hydrogen) atoms. The van der Waals surface area contributed by atoms with E-state index in [0.29, 0.717) is 0 Å². The van der Waals surface area contributed by atoms with E-state index in [9.17, 15) is 0 Å². The Labute approximate surface area is 367 Å². The Morgan fingerprint density at radius 2 is 0.661 bits per heavy atom. The summed E-state index contributed by atoms with van der Waals surface area (Å²) in [6, 6.07) is 75.1. The molecule has 0 amide bonds. The lowest BCUT2D eigenvalue weighted by Gasteiger charge is -2.30. The molecule has 4 heteroatoms. The highest BCUT2D eigenvalue weighted by molar-refractivity contribution is 5.82. The monoisotopic (exact) mass is 804 g/mol. The van der Waals surface area contributed by atoms with E-state index < -0.39 is 0 Å². The highest BCUT2D eigenvalue weighted by Crippen LogP contribution is 2.40. The smallest absolute Gasteiger partial charge is 0.0464 e. The fourth-order valence-corrected chi connectivity index (χ4v) is 7.91. The Bertz CT molecular complexity index is 2660. The van der Waals surface area contributed by atoms with E-state index in [1.807, 2.05) is 6.07 Å². The molecule has 0 atom stereocenters. The second-order valence-corrected chi connectivity index (χ2v) is 15.4. The number of para-hydroxylation sites is 3. The van der Waals surface area contributed by atoms with Gasteiger partial charge in [-0.2, -0.15) is 0 Å². The summed E-state index contributed by atoms with van der Waals surface area (Å²) in [5, 5.41) is 0. The van der Waals surface area contributed by atoms with Gasteiger partial charge in [-0.15, -0.1) is 0 Å². The third-order valence-electron chi connectivity index (χ3n) is 10.8. The first-order valence-corrected chi connectivity index (χ1v) is 21.2. The third-order valence-corrected chi connectivity index (χ3v) is 10.8. The maximum atomic E-state index is 4.62. The molecule has 8 aromatic carbocycles. The summed E-state index contributed by atoms with van der Waals surface area (Å²) in [6.07, 6.45) is 6.45. The molecule has 0 bridgehead atoms. The van der Waals surface area contributed by atoms with Gasteiger partial charge in [0.15, 0.2) is 0 Å². The molecule has 0 spiro atoms.